The van der Waals surface area contributed by atoms with E-state index in [1.165, 1.54) is 12.8 Å². The van der Waals surface area contributed by atoms with Gasteiger partial charge in [-0.3, -0.25) is 4.79 Å². The third-order valence-electron chi connectivity index (χ3n) is 3.48. The fourth-order valence-electron chi connectivity index (χ4n) is 1.97. The summed E-state index contributed by atoms with van der Waals surface area (Å²) in [5.41, 5.74) is 11.0. The highest BCUT2D eigenvalue weighted by molar-refractivity contribution is 5.79. The van der Waals surface area contributed by atoms with Crippen LogP contribution in [0.4, 0.5) is 0 Å². The topological polar surface area (TPSA) is 84.4 Å². The largest absolute Gasteiger partial charge is 0.368 e. The van der Waals surface area contributed by atoms with Gasteiger partial charge in [-0.25, -0.2) is 0 Å². The maximum Gasteiger partial charge on any atom is 0.235 e. The molecule has 1 aliphatic heterocycles. The standard InChI is InChI=1S/C11H24N4O/c1-11(3-5-15(2)6-4-11)8-14-7-9(12)10(13)16/h9,14H,3-8,12H2,1-2H3,(H2,13,16). The molecule has 0 radical (unpaired) electrons. The molecule has 1 amide bonds. The van der Waals surface area contributed by atoms with E-state index in [1.54, 1.807) is 0 Å². The van der Waals surface area contributed by atoms with Crippen molar-refractivity contribution in [1.29, 1.82) is 0 Å². The molecule has 0 spiro atoms. The summed E-state index contributed by atoms with van der Waals surface area (Å²) in [7, 11) is 2.15. The summed E-state index contributed by atoms with van der Waals surface area (Å²) in [6, 6.07) is -0.574. The highest BCUT2D eigenvalue weighted by Crippen LogP contribution is 2.29. The molecule has 5 N–H and O–H groups in total. The molecule has 1 aliphatic rings. The SMILES string of the molecule is CN1CCC(C)(CNCC(N)C(N)=O)CC1. The summed E-state index contributed by atoms with van der Waals surface area (Å²) in [4.78, 5) is 13.1. The van der Waals surface area contributed by atoms with Crippen molar-refractivity contribution in [3.8, 4) is 0 Å². The summed E-state index contributed by atoms with van der Waals surface area (Å²) < 4.78 is 0. The zero-order valence-electron chi connectivity index (χ0n) is 10.3. The van der Waals surface area contributed by atoms with Crippen LogP contribution in [0.25, 0.3) is 0 Å². The van der Waals surface area contributed by atoms with Crippen LogP contribution in [0, 0.1) is 5.41 Å². The van der Waals surface area contributed by atoms with E-state index in [0.717, 1.165) is 19.6 Å². The van der Waals surface area contributed by atoms with Crippen LogP contribution >= 0.6 is 0 Å². The van der Waals surface area contributed by atoms with E-state index in [2.05, 4.69) is 24.2 Å². The molecule has 5 heteroatoms. The number of nitrogens with two attached hydrogens (primary N) is 2. The van der Waals surface area contributed by atoms with Crippen LogP contribution in [0.5, 0.6) is 0 Å². The Labute approximate surface area is 97.5 Å². The minimum Gasteiger partial charge on any atom is -0.368 e. The number of rotatable bonds is 5. The molecule has 0 aromatic heterocycles. The lowest BCUT2D eigenvalue weighted by Gasteiger charge is -2.38. The number of hydrogen-bond donors (Lipinski definition) is 3. The van der Waals surface area contributed by atoms with Crippen molar-refractivity contribution in [2.24, 2.45) is 16.9 Å². The molecule has 1 heterocycles. The second-order valence-corrected chi connectivity index (χ2v) is 5.25. The van der Waals surface area contributed by atoms with Gasteiger partial charge >= 0.3 is 0 Å². The number of likely N-dealkylation sites (tertiary alicyclic amines) is 1. The summed E-state index contributed by atoms with van der Waals surface area (Å²) >= 11 is 0. The van der Waals surface area contributed by atoms with Gasteiger partial charge in [0.1, 0.15) is 0 Å². The average Bonchev–Trinajstić information content (AvgIpc) is 2.23. The summed E-state index contributed by atoms with van der Waals surface area (Å²) in [6.45, 7) is 5.94. The molecule has 1 unspecified atom stereocenters. The van der Waals surface area contributed by atoms with Crippen LogP contribution in [0.15, 0.2) is 0 Å². The van der Waals surface area contributed by atoms with Crippen molar-refractivity contribution in [2.75, 3.05) is 33.2 Å². The van der Waals surface area contributed by atoms with Gasteiger partial charge in [0, 0.05) is 13.1 Å². The number of amides is 1. The van der Waals surface area contributed by atoms with Gasteiger partial charge in [0.15, 0.2) is 0 Å². The fourth-order valence-corrected chi connectivity index (χ4v) is 1.97. The maximum absolute atomic E-state index is 10.8. The molecule has 0 aromatic carbocycles. The average molecular weight is 228 g/mol. The summed E-state index contributed by atoms with van der Waals surface area (Å²) in [6.07, 6.45) is 2.37. The Hall–Kier alpha value is -0.650. The molecule has 0 aromatic rings. The van der Waals surface area contributed by atoms with Crippen LogP contribution in [-0.2, 0) is 4.79 Å². The zero-order chi connectivity index (χ0) is 12.2. The Morgan fingerprint density at radius 1 is 1.50 bits per heavy atom. The van der Waals surface area contributed by atoms with Crippen molar-refractivity contribution < 1.29 is 4.79 Å². The van der Waals surface area contributed by atoms with Gasteiger partial charge in [-0.1, -0.05) is 6.92 Å². The minimum atomic E-state index is -0.574. The van der Waals surface area contributed by atoms with E-state index in [1.807, 2.05) is 0 Å². The van der Waals surface area contributed by atoms with Crippen LogP contribution in [0.3, 0.4) is 0 Å². The first-order valence-corrected chi connectivity index (χ1v) is 5.87. The van der Waals surface area contributed by atoms with E-state index in [9.17, 15) is 4.79 Å². The first-order valence-electron chi connectivity index (χ1n) is 5.87. The molecule has 1 fully saturated rings. The number of piperidine rings is 1. The Morgan fingerprint density at radius 2 is 2.06 bits per heavy atom. The number of nitrogens with one attached hydrogen (secondary N) is 1. The Balaban J connectivity index is 2.24. The first-order chi connectivity index (χ1) is 7.43. The lowest BCUT2D eigenvalue weighted by molar-refractivity contribution is -0.119. The summed E-state index contributed by atoms with van der Waals surface area (Å²) in [5.74, 6) is -0.443. The van der Waals surface area contributed by atoms with Gasteiger partial charge in [-0.05, 0) is 38.4 Å². The summed E-state index contributed by atoms with van der Waals surface area (Å²) in [5, 5.41) is 3.25. The van der Waals surface area contributed by atoms with Gasteiger partial charge in [0.2, 0.25) is 5.91 Å². The number of carbonyl (C=O) groups excluding carboxylic acids is 1. The molecule has 1 saturated heterocycles. The number of nitrogens with zero attached hydrogens (tertiary/aromatic N) is 1. The fraction of sp³-hybridized carbons (Fsp3) is 0.909. The van der Waals surface area contributed by atoms with Crippen molar-refractivity contribution in [3.63, 3.8) is 0 Å². The van der Waals surface area contributed by atoms with Crippen LogP contribution in [-0.4, -0.2) is 50.1 Å². The number of carbonyl (C=O) groups is 1. The predicted molar refractivity (Wildman–Crippen MR) is 64.9 cm³/mol. The van der Waals surface area contributed by atoms with Gasteiger partial charge in [0.25, 0.3) is 0 Å². The third kappa shape index (κ3) is 4.08. The molecule has 1 atom stereocenters. The number of primary amides is 1. The molecular formula is C11H24N4O. The van der Waals surface area contributed by atoms with Crippen molar-refractivity contribution >= 4 is 5.91 Å². The maximum atomic E-state index is 10.8. The Kier molecular flexibility index (Phi) is 4.70. The predicted octanol–water partition coefficient (Wildman–Crippen LogP) is -0.879. The van der Waals surface area contributed by atoms with E-state index in [-0.39, 0.29) is 0 Å². The Morgan fingerprint density at radius 3 is 2.56 bits per heavy atom. The van der Waals surface area contributed by atoms with Gasteiger partial charge < -0.3 is 21.7 Å². The minimum absolute atomic E-state index is 0.323. The molecule has 1 rings (SSSR count). The number of hydrogen-bond acceptors (Lipinski definition) is 4. The smallest absolute Gasteiger partial charge is 0.235 e. The second kappa shape index (κ2) is 5.61. The Bertz CT molecular complexity index is 236. The second-order valence-electron chi connectivity index (χ2n) is 5.25. The molecule has 16 heavy (non-hydrogen) atoms. The van der Waals surface area contributed by atoms with Crippen LogP contribution in [0.2, 0.25) is 0 Å². The molecule has 94 valence electrons. The molecule has 0 bridgehead atoms. The first kappa shape index (κ1) is 13.4. The van der Waals surface area contributed by atoms with Crippen LogP contribution < -0.4 is 16.8 Å². The van der Waals surface area contributed by atoms with Crippen molar-refractivity contribution in [2.45, 2.75) is 25.8 Å². The molecular weight excluding hydrogens is 204 g/mol. The van der Waals surface area contributed by atoms with Gasteiger partial charge in [0.05, 0.1) is 6.04 Å². The van der Waals surface area contributed by atoms with E-state index in [0.29, 0.717) is 12.0 Å². The van der Waals surface area contributed by atoms with Crippen LogP contribution in [0.1, 0.15) is 19.8 Å². The van der Waals surface area contributed by atoms with E-state index in [4.69, 9.17) is 11.5 Å². The lowest BCUT2D eigenvalue weighted by Crippen LogP contribution is -2.48. The molecule has 0 saturated carbocycles. The highest BCUT2D eigenvalue weighted by Gasteiger charge is 2.28. The zero-order valence-corrected chi connectivity index (χ0v) is 10.3. The normalized spacial score (nSPS) is 22.9. The monoisotopic (exact) mass is 228 g/mol. The molecule has 0 aliphatic carbocycles. The van der Waals surface area contributed by atoms with Crippen molar-refractivity contribution in [1.82, 2.24) is 10.2 Å². The van der Waals surface area contributed by atoms with E-state index < -0.39 is 11.9 Å². The van der Waals surface area contributed by atoms with Gasteiger partial charge in [-0.15, -0.1) is 0 Å². The quantitative estimate of drug-likeness (QED) is 0.570. The third-order valence-corrected chi connectivity index (χ3v) is 3.48. The van der Waals surface area contributed by atoms with Crippen molar-refractivity contribution in [3.05, 3.63) is 0 Å². The van der Waals surface area contributed by atoms with Gasteiger partial charge in [-0.2, -0.15) is 0 Å². The molecule has 5 nitrogen and oxygen atoms in total. The lowest BCUT2D eigenvalue weighted by atomic mass is 9.80. The highest BCUT2D eigenvalue weighted by atomic mass is 16.1. The van der Waals surface area contributed by atoms with E-state index >= 15 is 0 Å².